The van der Waals surface area contributed by atoms with Crippen molar-refractivity contribution in [3.63, 3.8) is 0 Å². The average molecular weight is 101 g/mol. The van der Waals surface area contributed by atoms with Crippen LogP contribution in [0.1, 0.15) is 0 Å². The van der Waals surface area contributed by atoms with E-state index in [9.17, 15) is 4.79 Å². The lowest BCUT2D eigenvalue weighted by atomic mass is 11.0. The molecule has 0 saturated carbocycles. The van der Waals surface area contributed by atoms with Gasteiger partial charge in [-0.2, -0.15) is 0 Å². The van der Waals surface area contributed by atoms with Crippen molar-refractivity contribution in [2.24, 2.45) is 5.73 Å². The predicted octanol–water partition coefficient (Wildman–Crippen LogP) is -1.22. The summed E-state index contributed by atoms with van der Waals surface area (Å²) >= 11 is 0. The number of carbonyl (C=O) groups excluding carboxylic acids is 1. The van der Waals surface area contributed by atoms with Gasteiger partial charge in [0, 0.05) is 6.17 Å². The van der Waals surface area contributed by atoms with Gasteiger partial charge in [0.15, 0.2) is 0 Å². The fourth-order valence-electron chi connectivity index (χ4n) is 0.0871. The van der Waals surface area contributed by atoms with Crippen LogP contribution >= 0.6 is 0 Å². The van der Waals surface area contributed by atoms with Crippen molar-refractivity contribution in [2.75, 3.05) is 6.17 Å². The first kappa shape index (κ1) is 5.49. The second kappa shape index (κ2) is 2.71. The minimum Gasteiger partial charge on any atom is -0.352 e. The lowest BCUT2D eigenvalue weighted by Crippen LogP contribution is -2.29. The number of primary amides is 1. The molecule has 0 aromatic carbocycles. The molecule has 3 nitrogen and oxygen atoms in total. The van der Waals surface area contributed by atoms with Crippen LogP contribution in [0.3, 0.4) is 0 Å². The molecule has 0 bridgehead atoms. The Bertz CT molecular complexity index is 55.5. The second-order valence-electron chi connectivity index (χ2n) is 0.718. The third-order valence-electron chi connectivity index (χ3n) is 0.263. The van der Waals surface area contributed by atoms with Gasteiger partial charge < -0.3 is 11.1 Å². The third-order valence-corrected chi connectivity index (χ3v) is 0.439. The summed E-state index contributed by atoms with van der Waals surface area (Å²) in [6, 6.07) is -0.509. The Morgan fingerprint density at radius 3 is 2.50 bits per heavy atom. The number of rotatable bonds is 1. The molecule has 0 aromatic heterocycles. The summed E-state index contributed by atoms with van der Waals surface area (Å²) in [5, 5.41) is 2.26. The maximum absolute atomic E-state index is 9.68. The molecule has 0 saturated heterocycles. The van der Waals surface area contributed by atoms with E-state index in [4.69, 9.17) is 0 Å². The standard InChI is InChI=1S/C2H5N2OSi/c3-2(5)4-1-6/h1H2,(H3,3,4,5). The molecule has 0 aliphatic carbocycles. The first-order valence-corrected chi connectivity index (χ1v) is 2.16. The van der Waals surface area contributed by atoms with Gasteiger partial charge in [-0.3, -0.25) is 0 Å². The van der Waals surface area contributed by atoms with Gasteiger partial charge in [-0.1, -0.05) is 0 Å². The van der Waals surface area contributed by atoms with Crippen molar-refractivity contribution in [1.29, 1.82) is 0 Å². The molecule has 6 heavy (non-hydrogen) atoms. The van der Waals surface area contributed by atoms with Crippen LogP contribution in [0.4, 0.5) is 4.79 Å². The summed E-state index contributed by atoms with van der Waals surface area (Å²) < 4.78 is 0. The highest BCUT2D eigenvalue weighted by atomic mass is 28.1. The van der Waals surface area contributed by atoms with Gasteiger partial charge in [0.05, 0.1) is 10.2 Å². The smallest absolute Gasteiger partial charge is 0.311 e. The van der Waals surface area contributed by atoms with Crippen LogP contribution in [0.25, 0.3) is 0 Å². The fourth-order valence-corrected chi connectivity index (χ4v) is 0.261. The van der Waals surface area contributed by atoms with E-state index in [0.717, 1.165) is 0 Å². The van der Waals surface area contributed by atoms with Crippen LogP contribution in [-0.4, -0.2) is 22.4 Å². The van der Waals surface area contributed by atoms with Gasteiger partial charge in [-0.25, -0.2) is 4.79 Å². The molecule has 2 amide bonds. The van der Waals surface area contributed by atoms with Crippen LogP contribution < -0.4 is 11.1 Å². The quantitative estimate of drug-likeness (QED) is 0.400. The van der Waals surface area contributed by atoms with Crippen LogP contribution in [0.15, 0.2) is 0 Å². The fraction of sp³-hybridized carbons (Fsp3) is 0.500. The molecule has 0 aromatic rings. The summed E-state index contributed by atoms with van der Waals surface area (Å²) in [6.07, 6.45) is 0.412. The van der Waals surface area contributed by atoms with Gasteiger partial charge in [0.25, 0.3) is 0 Å². The summed E-state index contributed by atoms with van der Waals surface area (Å²) in [4.78, 5) is 9.68. The lowest BCUT2D eigenvalue weighted by Gasteiger charge is -1.88. The molecule has 0 aliphatic heterocycles. The van der Waals surface area contributed by atoms with E-state index in [2.05, 4.69) is 21.3 Å². The summed E-state index contributed by atoms with van der Waals surface area (Å²) in [7, 11) is 2.98. The number of carbonyl (C=O) groups is 1. The molecule has 0 heterocycles. The van der Waals surface area contributed by atoms with Gasteiger partial charge in [0.1, 0.15) is 0 Å². The molecular formula is C2H5N2OSi. The zero-order valence-corrected chi connectivity index (χ0v) is 4.19. The van der Waals surface area contributed by atoms with Crippen LogP contribution in [-0.2, 0) is 0 Å². The lowest BCUT2D eigenvalue weighted by molar-refractivity contribution is 0.250. The molecule has 0 atom stereocenters. The average Bonchev–Trinajstić information content (AvgIpc) is 1.35. The highest BCUT2D eigenvalue weighted by molar-refractivity contribution is 6.09. The molecular weight excluding hydrogens is 96.1 g/mol. The number of hydrogen-bond acceptors (Lipinski definition) is 1. The largest absolute Gasteiger partial charge is 0.352 e. The van der Waals surface area contributed by atoms with Crippen LogP contribution in [0.2, 0.25) is 0 Å². The van der Waals surface area contributed by atoms with Crippen LogP contribution in [0, 0.1) is 0 Å². The van der Waals surface area contributed by atoms with E-state index >= 15 is 0 Å². The maximum Gasteiger partial charge on any atom is 0.311 e. The first-order valence-electron chi connectivity index (χ1n) is 1.45. The number of hydrogen-bond donors (Lipinski definition) is 2. The molecule has 0 fully saturated rings. The highest BCUT2D eigenvalue weighted by Gasteiger charge is 1.79. The molecule has 3 radical (unpaired) electrons. The predicted molar refractivity (Wildman–Crippen MR) is 23.3 cm³/mol. The SMILES string of the molecule is NC(=O)NC[Si]. The highest BCUT2D eigenvalue weighted by Crippen LogP contribution is 1.45. The number of nitrogens with two attached hydrogens (primary N) is 1. The molecule has 0 spiro atoms. The molecule has 33 valence electrons. The normalized spacial score (nSPS) is 7.50. The number of urea groups is 1. The minimum atomic E-state index is -0.509. The van der Waals surface area contributed by atoms with Gasteiger partial charge in [-0.15, -0.1) is 0 Å². The van der Waals surface area contributed by atoms with E-state index in [1.54, 1.807) is 0 Å². The number of amides is 2. The van der Waals surface area contributed by atoms with Crippen molar-refractivity contribution < 1.29 is 4.79 Å². The summed E-state index contributed by atoms with van der Waals surface area (Å²) in [5.41, 5.74) is 4.62. The van der Waals surface area contributed by atoms with Crippen LogP contribution in [0.5, 0.6) is 0 Å². The van der Waals surface area contributed by atoms with E-state index in [1.165, 1.54) is 0 Å². The first-order chi connectivity index (χ1) is 2.77. The van der Waals surface area contributed by atoms with Crippen molar-refractivity contribution in [3.8, 4) is 0 Å². The number of nitrogens with one attached hydrogen (secondary N) is 1. The second-order valence-corrected chi connectivity index (χ2v) is 1.07. The van der Waals surface area contributed by atoms with E-state index < -0.39 is 6.03 Å². The Labute approximate surface area is 39.3 Å². The Morgan fingerprint density at radius 1 is 2.00 bits per heavy atom. The molecule has 4 heteroatoms. The molecule has 3 N–H and O–H groups in total. The van der Waals surface area contributed by atoms with E-state index in [-0.39, 0.29) is 0 Å². The third kappa shape index (κ3) is 3.49. The van der Waals surface area contributed by atoms with E-state index in [1.807, 2.05) is 0 Å². The molecule has 0 rings (SSSR count). The monoisotopic (exact) mass is 101 g/mol. The van der Waals surface area contributed by atoms with Gasteiger partial charge in [-0.05, 0) is 0 Å². The Kier molecular flexibility index (Phi) is 2.48. The van der Waals surface area contributed by atoms with Crippen molar-refractivity contribution >= 4 is 16.3 Å². The van der Waals surface area contributed by atoms with Crippen molar-refractivity contribution in [2.45, 2.75) is 0 Å². The topological polar surface area (TPSA) is 55.1 Å². The minimum absolute atomic E-state index is 0.412. The zero-order chi connectivity index (χ0) is 4.99. The van der Waals surface area contributed by atoms with E-state index in [0.29, 0.717) is 6.17 Å². The van der Waals surface area contributed by atoms with Gasteiger partial charge >= 0.3 is 6.03 Å². The summed E-state index contributed by atoms with van der Waals surface area (Å²) in [6.45, 7) is 0. The Morgan fingerprint density at radius 2 is 2.50 bits per heavy atom. The molecule has 0 unspecified atom stereocenters. The Balaban J connectivity index is 2.83. The summed E-state index contributed by atoms with van der Waals surface area (Å²) in [5.74, 6) is 0. The zero-order valence-electron chi connectivity index (χ0n) is 3.19. The van der Waals surface area contributed by atoms with Gasteiger partial charge in [0.2, 0.25) is 0 Å². The van der Waals surface area contributed by atoms with Crippen molar-refractivity contribution in [1.82, 2.24) is 5.32 Å². The Hall–Kier alpha value is -0.513. The molecule has 0 aliphatic rings. The van der Waals surface area contributed by atoms with Crippen molar-refractivity contribution in [3.05, 3.63) is 0 Å². The maximum atomic E-state index is 9.68.